The average molecular weight is 420 g/mol. The largest absolute Gasteiger partial charge is 0.346 e. The molecule has 3 aromatic rings. The van der Waals surface area contributed by atoms with E-state index < -0.39 is 0 Å². The summed E-state index contributed by atoms with van der Waals surface area (Å²) >= 11 is 5.21. The van der Waals surface area contributed by atoms with E-state index in [0.29, 0.717) is 5.69 Å². The molecule has 1 aliphatic heterocycles. The minimum absolute atomic E-state index is 0.0694. The standard InChI is InChI=1S/C17H18BrN5OS/c1-22-14(6-7-19-22)16(24)20-12-3-2-8-23(10-12)17-21-13-5-4-11(18)9-15(13)25-17/h4-7,9,12H,2-3,8,10H2,1H3,(H,20,24). The molecular weight excluding hydrogens is 402 g/mol. The molecule has 1 fully saturated rings. The minimum Gasteiger partial charge on any atom is -0.346 e. The number of amides is 1. The molecule has 1 atom stereocenters. The van der Waals surface area contributed by atoms with Crippen LogP contribution in [0.2, 0.25) is 0 Å². The number of nitrogens with zero attached hydrogens (tertiary/aromatic N) is 4. The maximum atomic E-state index is 12.4. The minimum atomic E-state index is -0.0694. The number of rotatable bonds is 3. The van der Waals surface area contributed by atoms with E-state index in [-0.39, 0.29) is 11.9 Å². The van der Waals surface area contributed by atoms with Crippen molar-refractivity contribution in [1.82, 2.24) is 20.1 Å². The Morgan fingerprint density at radius 1 is 1.40 bits per heavy atom. The van der Waals surface area contributed by atoms with Gasteiger partial charge in [-0.25, -0.2) is 4.98 Å². The molecule has 1 unspecified atom stereocenters. The Kier molecular flexibility index (Phi) is 4.47. The van der Waals surface area contributed by atoms with Gasteiger partial charge in [-0.2, -0.15) is 5.10 Å². The van der Waals surface area contributed by atoms with Gasteiger partial charge in [0.25, 0.3) is 5.91 Å². The molecule has 0 spiro atoms. The molecule has 3 heterocycles. The molecule has 25 heavy (non-hydrogen) atoms. The van der Waals surface area contributed by atoms with Gasteiger partial charge in [0.1, 0.15) is 5.69 Å². The number of hydrogen-bond donors (Lipinski definition) is 1. The quantitative estimate of drug-likeness (QED) is 0.707. The van der Waals surface area contributed by atoms with Crippen LogP contribution in [0.4, 0.5) is 5.13 Å². The first-order valence-electron chi connectivity index (χ1n) is 8.20. The topological polar surface area (TPSA) is 63.1 Å². The zero-order chi connectivity index (χ0) is 17.4. The molecule has 1 aromatic carbocycles. The molecule has 1 amide bonds. The molecule has 0 bridgehead atoms. The van der Waals surface area contributed by atoms with Crippen LogP contribution in [0.5, 0.6) is 0 Å². The Morgan fingerprint density at radius 3 is 3.08 bits per heavy atom. The van der Waals surface area contributed by atoms with Gasteiger partial charge in [0.15, 0.2) is 5.13 Å². The Hall–Kier alpha value is -1.93. The van der Waals surface area contributed by atoms with Crippen molar-refractivity contribution in [2.24, 2.45) is 7.05 Å². The van der Waals surface area contributed by atoms with Gasteiger partial charge in [0, 0.05) is 36.8 Å². The molecule has 0 saturated carbocycles. The molecule has 0 aliphatic carbocycles. The Bertz CT molecular complexity index is 921. The number of hydrogen-bond acceptors (Lipinski definition) is 5. The number of nitrogens with one attached hydrogen (secondary N) is 1. The highest BCUT2D eigenvalue weighted by Crippen LogP contribution is 2.32. The maximum Gasteiger partial charge on any atom is 0.269 e. The number of anilines is 1. The molecule has 1 N–H and O–H groups in total. The molecule has 8 heteroatoms. The molecule has 1 saturated heterocycles. The number of aromatic nitrogens is 3. The van der Waals surface area contributed by atoms with E-state index in [1.54, 1.807) is 35.3 Å². The van der Waals surface area contributed by atoms with Gasteiger partial charge >= 0.3 is 0 Å². The summed E-state index contributed by atoms with van der Waals surface area (Å²) in [5, 5.41) is 8.21. The van der Waals surface area contributed by atoms with E-state index in [9.17, 15) is 4.79 Å². The highest BCUT2D eigenvalue weighted by atomic mass is 79.9. The van der Waals surface area contributed by atoms with Gasteiger partial charge in [0.2, 0.25) is 0 Å². The second-order valence-corrected chi connectivity index (χ2v) is 8.13. The van der Waals surface area contributed by atoms with E-state index in [0.717, 1.165) is 41.1 Å². The first kappa shape index (κ1) is 16.5. The second-order valence-electron chi connectivity index (χ2n) is 6.21. The van der Waals surface area contributed by atoms with Crippen LogP contribution in [0.3, 0.4) is 0 Å². The molecule has 4 rings (SSSR count). The van der Waals surface area contributed by atoms with E-state index in [4.69, 9.17) is 4.98 Å². The predicted molar refractivity (Wildman–Crippen MR) is 103 cm³/mol. The van der Waals surface area contributed by atoms with Crippen molar-refractivity contribution in [2.75, 3.05) is 18.0 Å². The first-order valence-corrected chi connectivity index (χ1v) is 9.81. The van der Waals surface area contributed by atoms with Crippen molar-refractivity contribution in [3.05, 3.63) is 40.6 Å². The maximum absolute atomic E-state index is 12.4. The van der Waals surface area contributed by atoms with Gasteiger partial charge in [0.05, 0.1) is 10.2 Å². The van der Waals surface area contributed by atoms with Crippen LogP contribution in [-0.2, 0) is 7.05 Å². The van der Waals surface area contributed by atoms with Gasteiger partial charge in [-0.1, -0.05) is 27.3 Å². The second kappa shape index (κ2) is 6.76. The normalized spacial score (nSPS) is 17.8. The summed E-state index contributed by atoms with van der Waals surface area (Å²) in [5.41, 5.74) is 1.60. The molecular formula is C17H18BrN5OS. The Labute approximate surface area is 158 Å². The van der Waals surface area contributed by atoms with Gasteiger partial charge < -0.3 is 10.2 Å². The van der Waals surface area contributed by atoms with Crippen molar-refractivity contribution in [1.29, 1.82) is 0 Å². The summed E-state index contributed by atoms with van der Waals surface area (Å²) in [6, 6.07) is 8.00. The number of aryl methyl sites for hydroxylation is 1. The number of piperidine rings is 1. The summed E-state index contributed by atoms with van der Waals surface area (Å²) in [6.45, 7) is 1.75. The van der Waals surface area contributed by atoms with Crippen LogP contribution in [0, 0.1) is 0 Å². The van der Waals surface area contributed by atoms with Crippen molar-refractivity contribution >= 4 is 48.5 Å². The average Bonchev–Trinajstić information content (AvgIpc) is 3.20. The lowest BCUT2D eigenvalue weighted by Crippen LogP contribution is -2.48. The number of carbonyl (C=O) groups is 1. The van der Waals surface area contributed by atoms with Gasteiger partial charge in [-0.05, 0) is 37.1 Å². The summed E-state index contributed by atoms with van der Waals surface area (Å²) in [6.07, 6.45) is 3.66. The number of carbonyl (C=O) groups excluding carboxylic acids is 1. The molecule has 0 radical (unpaired) electrons. The number of thiazole rings is 1. The number of halogens is 1. The SMILES string of the molecule is Cn1nccc1C(=O)NC1CCCN(c2nc3ccc(Br)cc3s2)C1. The van der Waals surface area contributed by atoms with Gasteiger partial charge in [-0.15, -0.1) is 0 Å². The van der Waals surface area contributed by atoms with Crippen LogP contribution in [0.25, 0.3) is 10.2 Å². The highest BCUT2D eigenvalue weighted by molar-refractivity contribution is 9.10. The van der Waals surface area contributed by atoms with E-state index in [1.807, 2.05) is 12.1 Å². The number of benzene rings is 1. The Morgan fingerprint density at radius 2 is 2.28 bits per heavy atom. The fraction of sp³-hybridized carbons (Fsp3) is 0.353. The monoisotopic (exact) mass is 419 g/mol. The van der Waals surface area contributed by atoms with Crippen LogP contribution in [0.15, 0.2) is 34.9 Å². The smallest absolute Gasteiger partial charge is 0.269 e. The summed E-state index contributed by atoms with van der Waals surface area (Å²) in [7, 11) is 1.78. The Balaban J connectivity index is 1.48. The highest BCUT2D eigenvalue weighted by Gasteiger charge is 2.24. The molecule has 6 nitrogen and oxygen atoms in total. The van der Waals surface area contributed by atoms with Crippen LogP contribution in [0.1, 0.15) is 23.3 Å². The van der Waals surface area contributed by atoms with Gasteiger partial charge in [-0.3, -0.25) is 9.48 Å². The lowest BCUT2D eigenvalue weighted by atomic mass is 10.1. The van der Waals surface area contributed by atoms with Crippen LogP contribution >= 0.6 is 27.3 Å². The molecule has 2 aromatic heterocycles. The summed E-state index contributed by atoms with van der Waals surface area (Å²) in [4.78, 5) is 19.4. The fourth-order valence-corrected chi connectivity index (χ4v) is 4.70. The van der Waals surface area contributed by atoms with Crippen molar-refractivity contribution in [3.8, 4) is 0 Å². The lowest BCUT2D eigenvalue weighted by molar-refractivity contribution is 0.0923. The fourth-order valence-electron chi connectivity index (χ4n) is 3.15. The third kappa shape index (κ3) is 3.41. The third-order valence-corrected chi connectivity index (χ3v) is 5.99. The van der Waals surface area contributed by atoms with E-state index in [1.165, 1.54) is 4.70 Å². The summed E-state index contributed by atoms with van der Waals surface area (Å²) < 4.78 is 3.84. The van der Waals surface area contributed by atoms with E-state index in [2.05, 4.69) is 37.3 Å². The lowest BCUT2D eigenvalue weighted by Gasteiger charge is -2.32. The predicted octanol–water partition coefficient (Wildman–Crippen LogP) is 3.19. The zero-order valence-corrected chi connectivity index (χ0v) is 16.2. The van der Waals surface area contributed by atoms with Crippen molar-refractivity contribution in [2.45, 2.75) is 18.9 Å². The van der Waals surface area contributed by atoms with Crippen LogP contribution in [-0.4, -0.2) is 39.8 Å². The molecule has 1 aliphatic rings. The molecule has 130 valence electrons. The van der Waals surface area contributed by atoms with Crippen LogP contribution < -0.4 is 10.2 Å². The van der Waals surface area contributed by atoms with Crippen molar-refractivity contribution in [3.63, 3.8) is 0 Å². The van der Waals surface area contributed by atoms with E-state index >= 15 is 0 Å². The number of fused-ring (bicyclic) bond motifs is 1. The summed E-state index contributed by atoms with van der Waals surface area (Å²) in [5.74, 6) is -0.0694. The zero-order valence-electron chi connectivity index (χ0n) is 13.8. The van der Waals surface area contributed by atoms with Crippen molar-refractivity contribution < 1.29 is 4.79 Å². The third-order valence-electron chi connectivity index (χ3n) is 4.42. The first-order chi connectivity index (χ1) is 12.1.